The van der Waals surface area contributed by atoms with Crippen molar-refractivity contribution >= 4 is 11.6 Å². The molecule has 0 radical (unpaired) electrons. The van der Waals surface area contributed by atoms with E-state index in [4.69, 9.17) is 4.74 Å². The summed E-state index contributed by atoms with van der Waals surface area (Å²) in [5, 5.41) is 2.85. The molecule has 4 heteroatoms. The minimum absolute atomic E-state index is 0.195. The zero-order chi connectivity index (χ0) is 16.1. The summed E-state index contributed by atoms with van der Waals surface area (Å²) in [7, 11) is 0. The lowest BCUT2D eigenvalue weighted by Gasteiger charge is -2.11. The highest BCUT2D eigenvalue weighted by molar-refractivity contribution is 6.04. The van der Waals surface area contributed by atoms with E-state index in [2.05, 4.69) is 10.3 Å². The van der Waals surface area contributed by atoms with Crippen LogP contribution in [0.25, 0.3) is 0 Å². The Labute approximate surface area is 134 Å². The van der Waals surface area contributed by atoms with Crippen molar-refractivity contribution in [3.05, 3.63) is 84.1 Å². The Hall–Kier alpha value is -3.14. The van der Waals surface area contributed by atoms with Gasteiger partial charge in [0.1, 0.15) is 11.4 Å². The average molecular weight is 304 g/mol. The molecule has 2 aromatic carbocycles. The fourth-order valence-electron chi connectivity index (χ4n) is 2.15. The number of anilines is 1. The van der Waals surface area contributed by atoms with Crippen molar-refractivity contribution in [1.29, 1.82) is 0 Å². The number of nitrogens with zero attached hydrogens (tertiary/aromatic N) is 1. The van der Waals surface area contributed by atoms with E-state index in [1.165, 1.54) is 0 Å². The number of hydrogen-bond acceptors (Lipinski definition) is 3. The second-order valence-electron chi connectivity index (χ2n) is 5.09. The molecule has 0 aliphatic carbocycles. The van der Waals surface area contributed by atoms with Crippen molar-refractivity contribution in [2.45, 2.75) is 6.92 Å². The Morgan fingerprint density at radius 1 is 1.00 bits per heavy atom. The van der Waals surface area contributed by atoms with Gasteiger partial charge in [0.2, 0.25) is 5.88 Å². The molecule has 0 saturated carbocycles. The molecule has 0 spiro atoms. The van der Waals surface area contributed by atoms with Gasteiger partial charge in [0.15, 0.2) is 0 Å². The van der Waals surface area contributed by atoms with Gasteiger partial charge < -0.3 is 10.1 Å². The molecule has 0 unspecified atom stereocenters. The van der Waals surface area contributed by atoms with E-state index in [9.17, 15) is 4.79 Å². The van der Waals surface area contributed by atoms with Gasteiger partial charge >= 0.3 is 0 Å². The molecule has 1 N–H and O–H groups in total. The van der Waals surface area contributed by atoms with Gasteiger partial charge in [-0.3, -0.25) is 4.79 Å². The number of amides is 1. The Morgan fingerprint density at radius 3 is 2.61 bits per heavy atom. The van der Waals surface area contributed by atoms with Crippen LogP contribution in [-0.2, 0) is 0 Å². The SMILES string of the molecule is Cc1cccc(C(=O)Nc2cccnc2Oc2ccccc2)c1. The Kier molecular flexibility index (Phi) is 4.34. The third-order valence-electron chi connectivity index (χ3n) is 3.26. The number of nitrogens with one attached hydrogen (secondary N) is 1. The maximum atomic E-state index is 12.4. The van der Waals surface area contributed by atoms with E-state index in [0.717, 1.165) is 5.56 Å². The van der Waals surface area contributed by atoms with Crippen molar-refractivity contribution in [3.8, 4) is 11.6 Å². The van der Waals surface area contributed by atoms with E-state index in [0.29, 0.717) is 22.9 Å². The molecule has 114 valence electrons. The van der Waals surface area contributed by atoms with E-state index in [-0.39, 0.29) is 5.91 Å². The summed E-state index contributed by atoms with van der Waals surface area (Å²) in [5.41, 5.74) is 2.16. The van der Waals surface area contributed by atoms with Crippen molar-refractivity contribution in [2.24, 2.45) is 0 Å². The number of aromatic nitrogens is 1. The van der Waals surface area contributed by atoms with Crippen LogP contribution in [0.1, 0.15) is 15.9 Å². The molecule has 0 aliphatic heterocycles. The molecule has 1 amide bonds. The monoisotopic (exact) mass is 304 g/mol. The summed E-state index contributed by atoms with van der Waals surface area (Å²) >= 11 is 0. The minimum Gasteiger partial charge on any atom is -0.437 e. The quantitative estimate of drug-likeness (QED) is 0.775. The van der Waals surface area contributed by atoms with Crippen LogP contribution in [0.2, 0.25) is 0 Å². The molecule has 3 rings (SSSR count). The first kappa shape index (κ1) is 14.8. The third kappa shape index (κ3) is 3.74. The van der Waals surface area contributed by atoms with Gasteiger partial charge in [-0.15, -0.1) is 0 Å². The van der Waals surface area contributed by atoms with E-state index in [1.54, 1.807) is 24.4 Å². The zero-order valence-corrected chi connectivity index (χ0v) is 12.7. The highest BCUT2D eigenvalue weighted by Crippen LogP contribution is 2.27. The molecule has 0 atom stereocenters. The Bertz CT molecular complexity index is 816. The second-order valence-corrected chi connectivity index (χ2v) is 5.09. The van der Waals surface area contributed by atoms with Gasteiger partial charge in [0.25, 0.3) is 5.91 Å². The summed E-state index contributed by atoms with van der Waals surface area (Å²) in [4.78, 5) is 16.6. The van der Waals surface area contributed by atoms with Gasteiger partial charge in [0.05, 0.1) is 0 Å². The second kappa shape index (κ2) is 6.75. The van der Waals surface area contributed by atoms with Crippen molar-refractivity contribution in [3.63, 3.8) is 0 Å². The third-order valence-corrected chi connectivity index (χ3v) is 3.26. The number of hydrogen-bond donors (Lipinski definition) is 1. The van der Waals surface area contributed by atoms with E-state index in [1.807, 2.05) is 55.5 Å². The lowest BCUT2D eigenvalue weighted by molar-refractivity contribution is 0.102. The number of pyridine rings is 1. The lowest BCUT2D eigenvalue weighted by Crippen LogP contribution is -2.13. The highest BCUT2D eigenvalue weighted by atomic mass is 16.5. The topological polar surface area (TPSA) is 51.2 Å². The van der Waals surface area contributed by atoms with Crippen LogP contribution in [0.5, 0.6) is 11.6 Å². The van der Waals surface area contributed by atoms with Crippen LogP contribution >= 0.6 is 0 Å². The average Bonchev–Trinajstić information content (AvgIpc) is 2.57. The number of benzene rings is 2. The molecule has 3 aromatic rings. The number of carbonyl (C=O) groups is 1. The Balaban J connectivity index is 1.82. The van der Waals surface area contributed by atoms with Crippen LogP contribution in [0, 0.1) is 6.92 Å². The van der Waals surface area contributed by atoms with E-state index < -0.39 is 0 Å². The highest BCUT2D eigenvalue weighted by Gasteiger charge is 2.11. The lowest BCUT2D eigenvalue weighted by atomic mass is 10.1. The summed E-state index contributed by atoms with van der Waals surface area (Å²) in [5.74, 6) is 0.830. The van der Waals surface area contributed by atoms with Gasteiger partial charge in [-0.2, -0.15) is 0 Å². The molecule has 4 nitrogen and oxygen atoms in total. The predicted molar refractivity (Wildman–Crippen MR) is 89.9 cm³/mol. The maximum absolute atomic E-state index is 12.4. The smallest absolute Gasteiger partial charge is 0.255 e. The molecule has 1 aromatic heterocycles. The molecule has 0 saturated heterocycles. The first-order chi connectivity index (χ1) is 11.2. The van der Waals surface area contributed by atoms with Crippen LogP contribution < -0.4 is 10.1 Å². The first-order valence-electron chi connectivity index (χ1n) is 7.28. The number of aryl methyl sites for hydroxylation is 1. The number of carbonyl (C=O) groups excluding carboxylic acids is 1. The Morgan fingerprint density at radius 2 is 1.83 bits per heavy atom. The van der Waals surface area contributed by atoms with Crippen LogP contribution in [0.4, 0.5) is 5.69 Å². The fourth-order valence-corrected chi connectivity index (χ4v) is 2.15. The molecule has 0 bridgehead atoms. The predicted octanol–water partition coefficient (Wildman–Crippen LogP) is 4.43. The fraction of sp³-hybridized carbons (Fsp3) is 0.0526. The van der Waals surface area contributed by atoms with Crippen LogP contribution in [0.3, 0.4) is 0 Å². The van der Waals surface area contributed by atoms with Gasteiger partial charge in [-0.1, -0.05) is 35.9 Å². The summed E-state index contributed by atoms with van der Waals surface area (Å²) < 4.78 is 5.74. The first-order valence-corrected chi connectivity index (χ1v) is 7.28. The summed E-state index contributed by atoms with van der Waals surface area (Å²) in [6, 6.07) is 20.3. The minimum atomic E-state index is -0.195. The van der Waals surface area contributed by atoms with Gasteiger partial charge in [-0.05, 0) is 43.3 Å². The molecule has 1 heterocycles. The van der Waals surface area contributed by atoms with Crippen molar-refractivity contribution in [1.82, 2.24) is 4.98 Å². The zero-order valence-electron chi connectivity index (χ0n) is 12.7. The molecule has 0 fully saturated rings. The van der Waals surface area contributed by atoms with E-state index >= 15 is 0 Å². The van der Waals surface area contributed by atoms with Gasteiger partial charge in [-0.25, -0.2) is 4.98 Å². The molecule has 23 heavy (non-hydrogen) atoms. The van der Waals surface area contributed by atoms with Crippen LogP contribution in [0.15, 0.2) is 72.9 Å². The standard InChI is InChI=1S/C19H16N2O2/c1-14-7-5-8-15(13-14)18(22)21-17-11-6-12-20-19(17)23-16-9-3-2-4-10-16/h2-13H,1H3,(H,21,22). The van der Waals surface area contributed by atoms with Crippen LogP contribution in [-0.4, -0.2) is 10.9 Å². The number of ether oxygens (including phenoxy) is 1. The molecular weight excluding hydrogens is 288 g/mol. The van der Waals surface area contributed by atoms with Gasteiger partial charge in [0, 0.05) is 11.8 Å². The summed E-state index contributed by atoms with van der Waals surface area (Å²) in [6.07, 6.45) is 1.63. The molecular formula is C19H16N2O2. The normalized spacial score (nSPS) is 10.1. The summed E-state index contributed by atoms with van der Waals surface area (Å²) in [6.45, 7) is 1.95. The van der Waals surface area contributed by atoms with Crippen molar-refractivity contribution in [2.75, 3.05) is 5.32 Å². The maximum Gasteiger partial charge on any atom is 0.255 e. The van der Waals surface area contributed by atoms with Crippen molar-refractivity contribution < 1.29 is 9.53 Å². The number of rotatable bonds is 4. The number of para-hydroxylation sites is 1. The molecule has 0 aliphatic rings. The largest absolute Gasteiger partial charge is 0.437 e.